The normalized spacial score (nSPS) is 10.7. The Morgan fingerprint density at radius 3 is 2.38 bits per heavy atom. The molecule has 21 heavy (non-hydrogen) atoms. The minimum atomic E-state index is 0.752. The average molecular weight is 376 g/mol. The molecular weight excluding hydrogens is 350 g/mol. The van der Waals surface area contributed by atoms with Gasteiger partial charge in [-0.05, 0) is 49.1 Å². The van der Waals surface area contributed by atoms with E-state index in [2.05, 4.69) is 27.5 Å². The van der Waals surface area contributed by atoms with Crippen LogP contribution in [0.3, 0.4) is 0 Å². The Bertz CT molecular complexity index is 416. The largest absolute Gasteiger partial charge is 0.493 e. The van der Waals surface area contributed by atoms with Gasteiger partial charge in [0.1, 0.15) is 0 Å². The van der Waals surface area contributed by atoms with Crippen molar-refractivity contribution in [2.45, 2.75) is 32.2 Å². The molecule has 0 aliphatic rings. The lowest BCUT2D eigenvalue weighted by Crippen LogP contribution is -2.15. The first-order chi connectivity index (χ1) is 10.2. The fourth-order valence-electron chi connectivity index (χ4n) is 2.10. The lowest BCUT2D eigenvalue weighted by molar-refractivity contribution is 0.354. The van der Waals surface area contributed by atoms with Crippen LogP contribution < -0.4 is 14.8 Å². The number of unbranched alkanes of at least 4 members (excludes halogenated alkanes) is 3. The zero-order valence-electron chi connectivity index (χ0n) is 13.2. The SMILES string of the molecule is COc1cc(Br)c(CNCCCCCCSC)cc1OC. The van der Waals surface area contributed by atoms with Crippen LogP contribution in [0.5, 0.6) is 11.5 Å². The van der Waals surface area contributed by atoms with Crippen molar-refractivity contribution in [2.75, 3.05) is 32.8 Å². The van der Waals surface area contributed by atoms with E-state index in [4.69, 9.17) is 9.47 Å². The van der Waals surface area contributed by atoms with Crippen molar-refractivity contribution in [1.29, 1.82) is 0 Å². The van der Waals surface area contributed by atoms with E-state index < -0.39 is 0 Å². The lowest BCUT2D eigenvalue weighted by Gasteiger charge is -2.12. The minimum Gasteiger partial charge on any atom is -0.493 e. The molecule has 0 saturated carbocycles. The highest BCUT2D eigenvalue weighted by Crippen LogP contribution is 2.33. The Labute approximate surface area is 141 Å². The molecule has 1 rings (SSSR count). The molecule has 1 aromatic carbocycles. The first kappa shape index (κ1) is 18.7. The topological polar surface area (TPSA) is 30.5 Å². The van der Waals surface area contributed by atoms with Gasteiger partial charge < -0.3 is 14.8 Å². The van der Waals surface area contributed by atoms with Crippen molar-refractivity contribution in [3.8, 4) is 11.5 Å². The molecule has 0 spiro atoms. The number of rotatable bonds is 11. The standard InChI is InChI=1S/C16H26BrNO2S/c1-19-15-10-13(14(17)11-16(15)20-2)12-18-8-6-4-5-7-9-21-3/h10-11,18H,4-9,12H2,1-3H3. The number of benzene rings is 1. The third kappa shape index (κ3) is 6.94. The van der Waals surface area contributed by atoms with Gasteiger partial charge >= 0.3 is 0 Å². The van der Waals surface area contributed by atoms with Crippen LogP contribution in [0.2, 0.25) is 0 Å². The molecule has 0 saturated heterocycles. The Kier molecular flexibility index (Phi) is 9.96. The maximum atomic E-state index is 5.34. The van der Waals surface area contributed by atoms with E-state index in [9.17, 15) is 0 Å². The van der Waals surface area contributed by atoms with E-state index >= 15 is 0 Å². The van der Waals surface area contributed by atoms with Gasteiger partial charge in [-0.1, -0.05) is 28.8 Å². The fraction of sp³-hybridized carbons (Fsp3) is 0.625. The molecular formula is C16H26BrNO2S. The fourth-order valence-corrected chi connectivity index (χ4v) is 3.06. The van der Waals surface area contributed by atoms with Gasteiger partial charge in [-0.25, -0.2) is 0 Å². The van der Waals surface area contributed by atoms with E-state index in [0.29, 0.717) is 0 Å². The van der Waals surface area contributed by atoms with Crippen LogP contribution in [0.4, 0.5) is 0 Å². The maximum absolute atomic E-state index is 5.34. The van der Waals surface area contributed by atoms with E-state index in [1.54, 1.807) is 14.2 Å². The number of thioether (sulfide) groups is 1. The second-order valence-electron chi connectivity index (χ2n) is 4.88. The predicted molar refractivity (Wildman–Crippen MR) is 95.8 cm³/mol. The minimum absolute atomic E-state index is 0.752. The van der Waals surface area contributed by atoms with Crippen molar-refractivity contribution < 1.29 is 9.47 Å². The monoisotopic (exact) mass is 375 g/mol. The average Bonchev–Trinajstić information content (AvgIpc) is 2.50. The summed E-state index contributed by atoms with van der Waals surface area (Å²) in [6.45, 7) is 1.89. The smallest absolute Gasteiger partial charge is 0.161 e. The highest BCUT2D eigenvalue weighted by atomic mass is 79.9. The highest BCUT2D eigenvalue weighted by molar-refractivity contribution is 9.10. The summed E-state index contributed by atoms with van der Waals surface area (Å²) < 4.78 is 11.7. The Hall–Kier alpha value is -0.390. The van der Waals surface area contributed by atoms with Crippen LogP contribution in [-0.2, 0) is 6.54 Å². The molecule has 3 nitrogen and oxygen atoms in total. The third-order valence-corrected chi connectivity index (χ3v) is 4.76. The molecule has 0 radical (unpaired) electrons. The zero-order valence-corrected chi connectivity index (χ0v) is 15.6. The summed E-state index contributed by atoms with van der Waals surface area (Å²) >= 11 is 5.52. The van der Waals surface area contributed by atoms with Crippen LogP contribution in [-0.4, -0.2) is 32.8 Å². The molecule has 0 fully saturated rings. The van der Waals surface area contributed by atoms with Gasteiger partial charge in [0, 0.05) is 11.0 Å². The summed E-state index contributed by atoms with van der Waals surface area (Å²) in [7, 11) is 3.32. The van der Waals surface area contributed by atoms with Gasteiger partial charge in [-0.3, -0.25) is 0 Å². The van der Waals surface area contributed by atoms with Crippen molar-refractivity contribution in [3.63, 3.8) is 0 Å². The summed E-state index contributed by atoms with van der Waals surface area (Å²) in [6.07, 6.45) is 7.38. The third-order valence-electron chi connectivity index (χ3n) is 3.32. The number of hydrogen-bond acceptors (Lipinski definition) is 4. The van der Waals surface area contributed by atoms with Gasteiger partial charge in [0.2, 0.25) is 0 Å². The van der Waals surface area contributed by atoms with Crippen LogP contribution in [0.15, 0.2) is 16.6 Å². The van der Waals surface area contributed by atoms with Gasteiger partial charge in [-0.2, -0.15) is 11.8 Å². The van der Waals surface area contributed by atoms with Crippen LogP contribution in [0, 0.1) is 0 Å². The van der Waals surface area contributed by atoms with Crippen molar-refractivity contribution in [1.82, 2.24) is 5.32 Å². The number of halogens is 1. The zero-order chi connectivity index (χ0) is 15.5. The lowest BCUT2D eigenvalue weighted by atomic mass is 10.2. The van der Waals surface area contributed by atoms with Crippen LogP contribution >= 0.6 is 27.7 Å². The predicted octanol–water partition coefficient (Wildman–Crippen LogP) is 4.48. The summed E-state index contributed by atoms with van der Waals surface area (Å²) in [6, 6.07) is 3.98. The first-order valence-corrected chi connectivity index (χ1v) is 9.51. The molecule has 1 N–H and O–H groups in total. The second-order valence-corrected chi connectivity index (χ2v) is 6.72. The number of methoxy groups -OCH3 is 2. The molecule has 1 aromatic rings. The molecule has 5 heteroatoms. The molecule has 0 atom stereocenters. The van der Waals surface area contributed by atoms with Gasteiger partial charge in [-0.15, -0.1) is 0 Å². The summed E-state index contributed by atoms with van der Waals surface area (Å²) in [5, 5.41) is 3.49. The quantitative estimate of drug-likeness (QED) is 0.577. The van der Waals surface area contributed by atoms with E-state index in [1.807, 2.05) is 23.9 Å². The van der Waals surface area contributed by atoms with Gasteiger partial charge in [0.25, 0.3) is 0 Å². The van der Waals surface area contributed by atoms with E-state index in [1.165, 1.54) is 37.0 Å². The summed E-state index contributed by atoms with van der Waals surface area (Å²) in [5.74, 6) is 2.81. The molecule has 0 unspecified atom stereocenters. The Morgan fingerprint density at radius 2 is 1.71 bits per heavy atom. The van der Waals surface area contributed by atoms with Crippen LogP contribution in [0.25, 0.3) is 0 Å². The van der Waals surface area contributed by atoms with E-state index in [-0.39, 0.29) is 0 Å². The van der Waals surface area contributed by atoms with Gasteiger partial charge in [0.05, 0.1) is 14.2 Å². The number of hydrogen-bond donors (Lipinski definition) is 1. The second kappa shape index (κ2) is 11.2. The molecule has 120 valence electrons. The van der Waals surface area contributed by atoms with Crippen molar-refractivity contribution in [3.05, 3.63) is 22.2 Å². The van der Waals surface area contributed by atoms with Crippen molar-refractivity contribution in [2.24, 2.45) is 0 Å². The first-order valence-electron chi connectivity index (χ1n) is 7.33. The maximum Gasteiger partial charge on any atom is 0.161 e. The van der Waals surface area contributed by atoms with Gasteiger partial charge in [0.15, 0.2) is 11.5 Å². The van der Waals surface area contributed by atoms with Crippen molar-refractivity contribution >= 4 is 27.7 Å². The Balaban J connectivity index is 2.32. The highest BCUT2D eigenvalue weighted by Gasteiger charge is 2.09. The molecule has 0 heterocycles. The summed E-state index contributed by atoms with van der Waals surface area (Å²) in [4.78, 5) is 0. The van der Waals surface area contributed by atoms with E-state index in [0.717, 1.165) is 29.1 Å². The molecule has 0 aliphatic carbocycles. The molecule has 0 bridgehead atoms. The summed E-state index contributed by atoms with van der Waals surface area (Å²) in [5.41, 5.74) is 1.19. The molecule has 0 aromatic heterocycles. The number of nitrogens with one attached hydrogen (secondary N) is 1. The molecule has 0 amide bonds. The van der Waals surface area contributed by atoms with Crippen LogP contribution in [0.1, 0.15) is 31.2 Å². The molecule has 0 aliphatic heterocycles. The number of ether oxygens (including phenoxy) is 2. The Morgan fingerprint density at radius 1 is 1.05 bits per heavy atom.